The highest BCUT2D eigenvalue weighted by atomic mass is 32.2. The zero-order valence-electron chi connectivity index (χ0n) is 17.6. The van der Waals surface area contributed by atoms with Crippen molar-refractivity contribution in [3.63, 3.8) is 0 Å². The lowest BCUT2D eigenvalue weighted by molar-refractivity contribution is -0.115. The minimum atomic E-state index is -0.345. The lowest BCUT2D eigenvalue weighted by atomic mass is 10.2. The van der Waals surface area contributed by atoms with Crippen molar-refractivity contribution < 1.29 is 14.3 Å². The fraction of sp³-hybridized carbons (Fsp3) is 0.318. The van der Waals surface area contributed by atoms with E-state index in [0.717, 1.165) is 28.6 Å². The van der Waals surface area contributed by atoms with E-state index in [4.69, 9.17) is 9.47 Å². The maximum atomic E-state index is 12.6. The molecule has 7 nitrogen and oxygen atoms in total. The zero-order valence-corrected chi connectivity index (χ0v) is 18.4. The molecule has 0 aliphatic heterocycles. The number of nitrogens with one attached hydrogen (secondary N) is 1. The highest BCUT2D eigenvalue weighted by molar-refractivity contribution is 8.00. The van der Waals surface area contributed by atoms with E-state index in [1.807, 2.05) is 80.9 Å². The summed E-state index contributed by atoms with van der Waals surface area (Å²) >= 11 is 1.36. The Morgan fingerprint density at radius 1 is 1.07 bits per heavy atom. The molecule has 0 bridgehead atoms. The molecule has 0 radical (unpaired) electrons. The molecule has 0 fully saturated rings. The number of nitrogens with zero attached hydrogens (tertiary/aromatic N) is 3. The zero-order chi connectivity index (χ0) is 21.5. The molecular formula is C22H26N4O3S. The van der Waals surface area contributed by atoms with Crippen LogP contribution in [-0.4, -0.2) is 39.1 Å². The van der Waals surface area contributed by atoms with E-state index >= 15 is 0 Å². The van der Waals surface area contributed by atoms with Crippen LogP contribution in [0.1, 0.15) is 20.8 Å². The van der Waals surface area contributed by atoms with Crippen molar-refractivity contribution in [2.24, 2.45) is 7.05 Å². The summed E-state index contributed by atoms with van der Waals surface area (Å²) in [4.78, 5) is 12.6. The van der Waals surface area contributed by atoms with Gasteiger partial charge in [-0.3, -0.25) is 4.79 Å². The number of ether oxygens (including phenoxy) is 2. The van der Waals surface area contributed by atoms with Crippen LogP contribution >= 0.6 is 11.8 Å². The van der Waals surface area contributed by atoms with Gasteiger partial charge >= 0.3 is 0 Å². The summed E-state index contributed by atoms with van der Waals surface area (Å²) in [5.74, 6) is 2.18. The van der Waals surface area contributed by atoms with Crippen LogP contribution in [0.2, 0.25) is 0 Å². The van der Waals surface area contributed by atoms with Gasteiger partial charge in [-0.05, 0) is 57.2 Å². The van der Waals surface area contributed by atoms with E-state index in [1.54, 1.807) is 0 Å². The van der Waals surface area contributed by atoms with Crippen LogP contribution < -0.4 is 14.8 Å². The van der Waals surface area contributed by atoms with Crippen LogP contribution in [-0.2, 0) is 11.8 Å². The molecule has 0 aliphatic rings. The Morgan fingerprint density at radius 2 is 1.77 bits per heavy atom. The number of hydrogen-bond donors (Lipinski definition) is 1. The number of hydrogen-bond acceptors (Lipinski definition) is 6. The first-order valence-corrected chi connectivity index (χ1v) is 10.7. The second-order valence-electron chi connectivity index (χ2n) is 6.53. The van der Waals surface area contributed by atoms with Gasteiger partial charge in [0.05, 0.1) is 18.5 Å². The summed E-state index contributed by atoms with van der Waals surface area (Å²) in [5, 5.41) is 11.8. The van der Waals surface area contributed by atoms with Crippen LogP contribution in [0.25, 0.3) is 11.4 Å². The van der Waals surface area contributed by atoms with Crippen LogP contribution in [0.5, 0.6) is 11.5 Å². The Bertz CT molecular complexity index is 988. The van der Waals surface area contributed by atoms with Crippen molar-refractivity contribution in [2.75, 3.05) is 18.5 Å². The number of aromatic nitrogens is 3. The third-order valence-electron chi connectivity index (χ3n) is 4.32. The van der Waals surface area contributed by atoms with Crippen LogP contribution in [0.4, 0.5) is 5.69 Å². The number of rotatable bonds is 9. The van der Waals surface area contributed by atoms with E-state index in [2.05, 4.69) is 15.5 Å². The summed E-state index contributed by atoms with van der Waals surface area (Å²) in [5.41, 5.74) is 1.64. The first kappa shape index (κ1) is 21.7. The van der Waals surface area contributed by atoms with Crippen molar-refractivity contribution in [1.82, 2.24) is 14.8 Å². The maximum absolute atomic E-state index is 12.6. The van der Waals surface area contributed by atoms with E-state index in [9.17, 15) is 4.79 Å². The molecule has 0 saturated carbocycles. The average molecular weight is 427 g/mol. The normalized spacial score (nSPS) is 11.7. The summed E-state index contributed by atoms with van der Waals surface area (Å²) in [6, 6.07) is 15.1. The summed E-state index contributed by atoms with van der Waals surface area (Å²) in [6.07, 6.45) is 0. The molecule has 0 unspecified atom stereocenters. The summed E-state index contributed by atoms with van der Waals surface area (Å²) in [6.45, 7) is 6.93. The molecule has 158 valence electrons. The Hall–Kier alpha value is -3.00. The fourth-order valence-electron chi connectivity index (χ4n) is 2.82. The topological polar surface area (TPSA) is 78.3 Å². The Balaban J connectivity index is 1.66. The molecule has 8 heteroatoms. The SMILES string of the molecule is CCOc1ccc(NC(=O)[C@@H](C)Sc2nnc(-c3cccc(OCC)c3)n2C)cc1. The predicted molar refractivity (Wildman–Crippen MR) is 119 cm³/mol. The molecule has 0 aliphatic carbocycles. The standard InChI is InChI=1S/C22H26N4O3S/c1-5-28-18-12-10-17(11-13-18)23-21(27)15(3)30-22-25-24-20(26(22)4)16-8-7-9-19(14-16)29-6-2/h7-15H,5-6H2,1-4H3,(H,23,27)/t15-/m1/s1. The van der Waals surface area contributed by atoms with E-state index in [1.165, 1.54) is 11.8 Å². The van der Waals surface area contributed by atoms with Gasteiger partial charge in [-0.25, -0.2) is 0 Å². The fourth-order valence-corrected chi connectivity index (χ4v) is 3.63. The highest BCUT2D eigenvalue weighted by Gasteiger charge is 2.19. The monoisotopic (exact) mass is 426 g/mol. The van der Waals surface area contributed by atoms with Crippen molar-refractivity contribution in [3.8, 4) is 22.9 Å². The molecule has 3 rings (SSSR count). The molecule has 1 amide bonds. The largest absolute Gasteiger partial charge is 0.494 e. The lowest BCUT2D eigenvalue weighted by Crippen LogP contribution is -2.22. The van der Waals surface area contributed by atoms with Gasteiger partial charge in [0.15, 0.2) is 11.0 Å². The van der Waals surface area contributed by atoms with Crippen LogP contribution in [0.3, 0.4) is 0 Å². The van der Waals surface area contributed by atoms with Gasteiger partial charge in [-0.1, -0.05) is 23.9 Å². The second kappa shape index (κ2) is 10.2. The molecule has 0 saturated heterocycles. The van der Waals surface area contributed by atoms with Crippen molar-refractivity contribution in [2.45, 2.75) is 31.2 Å². The van der Waals surface area contributed by atoms with Crippen LogP contribution in [0.15, 0.2) is 53.7 Å². The van der Waals surface area contributed by atoms with Gasteiger partial charge in [0.25, 0.3) is 0 Å². The van der Waals surface area contributed by atoms with Crippen LogP contribution in [0, 0.1) is 0 Å². The van der Waals surface area contributed by atoms with Crippen molar-refractivity contribution in [1.29, 1.82) is 0 Å². The minimum absolute atomic E-state index is 0.105. The van der Waals surface area contributed by atoms with Gasteiger partial charge in [0, 0.05) is 18.3 Å². The first-order valence-electron chi connectivity index (χ1n) is 9.84. The number of amides is 1. The number of benzene rings is 2. The minimum Gasteiger partial charge on any atom is -0.494 e. The van der Waals surface area contributed by atoms with Crippen molar-refractivity contribution >= 4 is 23.4 Å². The number of thioether (sulfide) groups is 1. The second-order valence-corrected chi connectivity index (χ2v) is 7.84. The maximum Gasteiger partial charge on any atom is 0.237 e. The molecule has 1 N–H and O–H groups in total. The Morgan fingerprint density at radius 3 is 2.47 bits per heavy atom. The highest BCUT2D eigenvalue weighted by Crippen LogP contribution is 2.28. The quantitative estimate of drug-likeness (QED) is 0.511. The Labute approximate surface area is 180 Å². The number of carbonyl (C=O) groups excluding carboxylic acids is 1. The number of carbonyl (C=O) groups is 1. The molecule has 3 aromatic rings. The molecule has 1 atom stereocenters. The van der Waals surface area contributed by atoms with Gasteiger partial charge in [-0.15, -0.1) is 10.2 Å². The first-order chi connectivity index (χ1) is 14.5. The molecule has 2 aromatic carbocycles. The molecular weight excluding hydrogens is 400 g/mol. The predicted octanol–water partition coefficient (Wildman–Crippen LogP) is 4.40. The molecule has 1 heterocycles. The smallest absolute Gasteiger partial charge is 0.237 e. The summed E-state index contributed by atoms with van der Waals surface area (Å²) < 4.78 is 12.9. The molecule has 1 aromatic heterocycles. The Kier molecular flexibility index (Phi) is 7.35. The summed E-state index contributed by atoms with van der Waals surface area (Å²) in [7, 11) is 1.89. The average Bonchev–Trinajstić information content (AvgIpc) is 3.10. The van der Waals surface area contributed by atoms with Gasteiger partial charge < -0.3 is 19.4 Å². The number of anilines is 1. The molecule has 0 spiro atoms. The van der Waals surface area contributed by atoms with Gasteiger partial charge in [0.2, 0.25) is 5.91 Å². The third-order valence-corrected chi connectivity index (χ3v) is 5.46. The van der Waals surface area contributed by atoms with E-state index in [0.29, 0.717) is 18.4 Å². The van der Waals surface area contributed by atoms with Gasteiger partial charge in [-0.2, -0.15) is 0 Å². The molecule has 30 heavy (non-hydrogen) atoms. The van der Waals surface area contributed by atoms with Gasteiger partial charge in [0.1, 0.15) is 11.5 Å². The lowest BCUT2D eigenvalue weighted by Gasteiger charge is -2.12. The van der Waals surface area contributed by atoms with E-state index in [-0.39, 0.29) is 11.2 Å². The van der Waals surface area contributed by atoms with E-state index < -0.39 is 0 Å². The third kappa shape index (κ3) is 5.33. The van der Waals surface area contributed by atoms with Crippen molar-refractivity contribution in [3.05, 3.63) is 48.5 Å².